The molecule has 0 saturated heterocycles. The number of ether oxygens (including phenoxy) is 2. The van der Waals surface area contributed by atoms with Crippen LogP contribution in [0, 0.1) is 0 Å². The first kappa shape index (κ1) is 23.7. The molecule has 2 nitrogen and oxygen atoms in total. The van der Waals surface area contributed by atoms with Crippen LogP contribution in [0.15, 0.2) is 0 Å². The number of methoxy groups -OCH3 is 1. The van der Waals surface area contributed by atoms with Crippen molar-refractivity contribution in [3.05, 3.63) is 0 Å². The van der Waals surface area contributed by atoms with Crippen molar-refractivity contribution in [1.82, 2.24) is 0 Å². The molecule has 0 radical (unpaired) electrons. The van der Waals surface area contributed by atoms with E-state index in [1.807, 2.05) is 0 Å². The molecule has 23 heavy (non-hydrogen) atoms. The Labute approximate surface area is 151 Å². The van der Waals surface area contributed by atoms with E-state index in [-0.39, 0.29) is 0 Å². The molecule has 0 heterocycles. The van der Waals surface area contributed by atoms with Crippen LogP contribution in [-0.2, 0) is 9.47 Å². The van der Waals surface area contributed by atoms with Gasteiger partial charge in [-0.3, -0.25) is 0 Å². The van der Waals surface area contributed by atoms with Gasteiger partial charge in [0.15, 0.2) is 0 Å². The summed E-state index contributed by atoms with van der Waals surface area (Å²) in [4.78, 5) is 0. The van der Waals surface area contributed by atoms with Gasteiger partial charge in [-0.2, -0.15) is 0 Å². The first-order valence-electron chi connectivity index (χ1n) is 10.3. The van der Waals surface area contributed by atoms with Gasteiger partial charge in [0.05, 0.1) is 0 Å². The molecule has 0 fully saturated rings. The summed E-state index contributed by atoms with van der Waals surface area (Å²) in [6.07, 6.45) is 12.6. The topological polar surface area (TPSA) is 18.5 Å². The van der Waals surface area contributed by atoms with Gasteiger partial charge in [-0.15, -0.1) is 0 Å². The van der Waals surface area contributed by atoms with E-state index in [4.69, 9.17) is 9.47 Å². The second-order valence-corrected chi connectivity index (χ2v) is 21.7. The summed E-state index contributed by atoms with van der Waals surface area (Å²) in [6, 6.07) is 0. The molecule has 0 rings (SSSR count). The van der Waals surface area contributed by atoms with Crippen molar-refractivity contribution in [2.45, 2.75) is 103 Å². The predicted molar refractivity (Wildman–Crippen MR) is 106 cm³/mol. The molecule has 0 amide bonds. The molecule has 0 saturated carbocycles. The number of hydrogen-bond acceptors (Lipinski definition) is 2. The Morgan fingerprint density at radius 1 is 0.739 bits per heavy atom. The van der Waals surface area contributed by atoms with Crippen molar-refractivity contribution in [2.24, 2.45) is 0 Å². The SMILES string of the molecule is CCC[CH2][Sn]([CH2]CCC)([CH2]CCC)[CH](CCC)CCOCOC. The van der Waals surface area contributed by atoms with E-state index in [9.17, 15) is 0 Å². The van der Waals surface area contributed by atoms with Crippen molar-refractivity contribution in [3.8, 4) is 0 Å². The number of unbranched alkanes of at least 4 members (excludes halogenated alkanes) is 3. The molecular weight excluding hydrogens is 391 g/mol. The van der Waals surface area contributed by atoms with Crippen LogP contribution in [-0.4, -0.2) is 38.9 Å². The summed E-state index contributed by atoms with van der Waals surface area (Å²) >= 11 is -2.08. The van der Waals surface area contributed by atoms with Gasteiger partial charge in [-0.1, -0.05) is 0 Å². The zero-order valence-electron chi connectivity index (χ0n) is 16.8. The first-order chi connectivity index (χ1) is 11.2. The van der Waals surface area contributed by atoms with Crippen LogP contribution in [0.1, 0.15) is 85.5 Å². The Bertz CT molecular complexity index is 224. The maximum absolute atomic E-state index is 5.68. The molecule has 0 aliphatic rings. The fraction of sp³-hybridized carbons (Fsp3) is 1.00. The van der Waals surface area contributed by atoms with Gasteiger partial charge in [0.25, 0.3) is 0 Å². The summed E-state index contributed by atoms with van der Waals surface area (Å²) in [7, 11) is 1.72. The molecule has 0 aliphatic heterocycles. The van der Waals surface area contributed by atoms with E-state index in [1.54, 1.807) is 20.4 Å². The van der Waals surface area contributed by atoms with Gasteiger partial charge in [0.2, 0.25) is 0 Å². The second-order valence-electron chi connectivity index (χ2n) is 7.26. The van der Waals surface area contributed by atoms with E-state index in [2.05, 4.69) is 27.7 Å². The quantitative estimate of drug-likeness (QED) is 0.139. The average Bonchev–Trinajstić information content (AvgIpc) is 2.57. The van der Waals surface area contributed by atoms with Crippen LogP contribution in [0.3, 0.4) is 0 Å². The molecule has 3 heteroatoms. The summed E-state index contributed by atoms with van der Waals surface area (Å²) in [5.41, 5.74) is 0. The van der Waals surface area contributed by atoms with Gasteiger partial charge in [-0.25, -0.2) is 0 Å². The van der Waals surface area contributed by atoms with Crippen molar-refractivity contribution in [2.75, 3.05) is 20.5 Å². The van der Waals surface area contributed by atoms with Crippen molar-refractivity contribution >= 4 is 18.4 Å². The van der Waals surface area contributed by atoms with Crippen LogP contribution >= 0.6 is 0 Å². The van der Waals surface area contributed by atoms with Crippen molar-refractivity contribution < 1.29 is 9.47 Å². The molecule has 0 aromatic rings. The molecule has 140 valence electrons. The molecule has 1 atom stereocenters. The molecule has 0 N–H and O–H groups in total. The van der Waals surface area contributed by atoms with Gasteiger partial charge in [-0.05, 0) is 0 Å². The molecule has 0 aromatic heterocycles. The Morgan fingerprint density at radius 2 is 1.26 bits per heavy atom. The second kappa shape index (κ2) is 16.2. The zero-order valence-corrected chi connectivity index (χ0v) is 19.6. The van der Waals surface area contributed by atoms with E-state index < -0.39 is 18.4 Å². The molecule has 0 bridgehead atoms. The summed E-state index contributed by atoms with van der Waals surface area (Å²) in [5.74, 6) is 0. The third kappa shape index (κ3) is 10.3. The Hall–Kier alpha value is 0.719. The zero-order chi connectivity index (χ0) is 17.4. The van der Waals surface area contributed by atoms with Gasteiger partial charge in [0.1, 0.15) is 0 Å². The van der Waals surface area contributed by atoms with Gasteiger partial charge >= 0.3 is 151 Å². The van der Waals surface area contributed by atoms with E-state index in [0.29, 0.717) is 6.79 Å². The fourth-order valence-corrected chi connectivity index (χ4v) is 23.4. The third-order valence-corrected chi connectivity index (χ3v) is 23.5. The van der Waals surface area contributed by atoms with Gasteiger partial charge < -0.3 is 0 Å². The molecule has 0 spiro atoms. The van der Waals surface area contributed by atoms with Crippen LogP contribution < -0.4 is 0 Å². The molecule has 1 unspecified atom stereocenters. The summed E-state index contributed by atoms with van der Waals surface area (Å²) in [5, 5.41) is 0. The first-order valence-corrected chi connectivity index (χ1v) is 18.0. The maximum atomic E-state index is 5.68. The van der Waals surface area contributed by atoms with E-state index in [1.165, 1.54) is 57.8 Å². The monoisotopic (exact) mass is 436 g/mol. The van der Waals surface area contributed by atoms with Crippen molar-refractivity contribution in [3.63, 3.8) is 0 Å². The Balaban J connectivity index is 5.02. The minimum atomic E-state index is -2.08. The molecule has 0 aromatic carbocycles. The van der Waals surface area contributed by atoms with E-state index >= 15 is 0 Å². The fourth-order valence-electron chi connectivity index (χ4n) is 4.05. The Kier molecular flexibility index (Phi) is 16.7. The van der Waals surface area contributed by atoms with Crippen LogP contribution in [0.2, 0.25) is 17.2 Å². The molecule has 0 aliphatic carbocycles. The van der Waals surface area contributed by atoms with Gasteiger partial charge in [0, 0.05) is 0 Å². The average molecular weight is 435 g/mol. The molecular formula is C20H44O2Sn. The predicted octanol–water partition coefficient (Wildman–Crippen LogP) is 7.02. The normalized spacial score (nSPS) is 13.4. The standard InChI is InChI=1S/C8H17O2.3C4H9.Sn/c1-3-4-5-6-7-10-8-9-2;3*1-3-4-2;/h5H,3-4,6-8H2,1-2H3;3*1,3-4H2,2H3;. The minimum absolute atomic E-state index is 0.459. The summed E-state index contributed by atoms with van der Waals surface area (Å²) in [6.45, 7) is 10.8. The number of hydrogen-bond donors (Lipinski definition) is 0. The third-order valence-electron chi connectivity index (χ3n) is 5.40. The van der Waals surface area contributed by atoms with E-state index in [0.717, 1.165) is 10.5 Å². The van der Waals surface area contributed by atoms with Crippen LogP contribution in [0.5, 0.6) is 0 Å². The van der Waals surface area contributed by atoms with Crippen LogP contribution in [0.25, 0.3) is 0 Å². The van der Waals surface area contributed by atoms with Crippen molar-refractivity contribution in [1.29, 1.82) is 0 Å². The number of rotatable bonds is 17. The Morgan fingerprint density at radius 3 is 1.65 bits per heavy atom. The van der Waals surface area contributed by atoms with Crippen LogP contribution in [0.4, 0.5) is 0 Å². The summed E-state index contributed by atoms with van der Waals surface area (Å²) < 4.78 is 16.6.